The average Bonchev–Trinajstić information content (AvgIpc) is 3.42. The molecule has 2 saturated heterocycles. The summed E-state index contributed by atoms with van der Waals surface area (Å²) in [5.41, 5.74) is -0.191. The van der Waals surface area contributed by atoms with Crippen LogP contribution in [0.15, 0.2) is 30.6 Å². The second kappa shape index (κ2) is 7.27. The average molecular weight is 439 g/mol. The van der Waals surface area contributed by atoms with Crippen LogP contribution in [0.4, 0.5) is 33.6 Å². The first-order valence-electron chi connectivity index (χ1n) is 9.85. The third-order valence-corrected chi connectivity index (χ3v) is 5.83. The molecule has 0 saturated carbocycles. The van der Waals surface area contributed by atoms with Gasteiger partial charge in [-0.2, -0.15) is 18.3 Å². The summed E-state index contributed by atoms with van der Waals surface area (Å²) >= 11 is 0. The van der Waals surface area contributed by atoms with E-state index in [0.717, 1.165) is 23.6 Å². The van der Waals surface area contributed by atoms with Crippen LogP contribution in [-0.2, 0) is 12.7 Å². The zero-order valence-corrected chi connectivity index (χ0v) is 16.2. The van der Waals surface area contributed by atoms with Crippen LogP contribution in [0.2, 0.25) is 0 Å². The van der Waals surface area contributed by atoms with E-state index in [1.165, 1.54) is 12.3 Å². The summed E-state index contributed by atoms with van der Waals surface area (Å²) in [7, 11) is 0. The first kappa shape index (κ1) is 19.9. The van der Waals surface area contributed by atoms with Gasteiger partial charge in [0.1, 0.15) is 29.4 Å². The Morgan fingerprint density at radius 1 is 0.968 bits per heavy atom. The Bertz CT molecular complexity index is 1100. The Balaban J connectivity index is 1.40. The zero-order chi connectivity index (χ0) is 21.8. The summed E-state index contributed by atoms with van der Waals surface area (Å²) < 4.78 is 65.9. The van der Waals surface area contributed by atoms with Gasteiger partial charge in [0, 0.05) is 13.1 Å². The zero-order valence-electron chi connectivity index (χ0n) is 16.2. The normalized spacial score (nSPS) is 21.5. The molecule has 5 rings (SSSR count). The molecule has 7 nitrogen and oxygen atoms in total. The Hall–Kier alpha value is -3.05. The van der Waals surface area contributed by atoms with Gasteiger partial charge < -0.3 is 9.80 Å². The third kappa shape index (κ3) is 3.53. The number of halogens is 5. The Labute approximate surface area is 173 Å². The van der Waals surface area contributed by atoms with Crippen LogP contribution < -0.4 is 9.80 Å². The van der Waals surface area contributed by atoms with Gasteiger partial charge in [0.15, 0.2) is 5.65 Å². The van der Waals surface area contributed by atoms with Crippen LogP contribution >= 0.6 is 0 Å². The second-order valence-corrected chi connectivity index (χ2v) is 7.63. The van der Waals surface area contributed by atoms with E-state index in [4.69, 9.17) is 0 Å². The summed E-state index contributed by atoms with van der Waals surface area (Å²) in [6, 6.07) is 3.93. The van der Waals surface area contributed by atoms with E-state index in [0.29, 0.717) is 30.2 Å². The quantitative estimate of drug-likeness (QED) is 0.581. The molecule has 0 bridgehead atoms. The maximum absolute atomic E-state index is 13.1. The molecular weight excluding hydrogens is 421 g/mol. The molecule has 2 aliphatic heterocycles. The molecular formula is C19H18F5N7. The van der Waals surface area contributed by atoms with Gasteiger partial charge in [0.25, 0.3) is 6.43 Å². The van der Waals surface area contributed by atoms with Gasteiger partial charge in [-0.15, -0.1) is 0 Å². The molecule has 3 aromatic heterocycles. The highest BCUT2D eigenvalue weighted by Gasteiger charge is 2.44. The molecule has 5 heterocycles. The SMILES string of the molecule is FC(F)Cn1ncc2ncc(N3CCC4C3CCN4c3cccc(C(F)(F)F)n3)nc21. The molecule has 0 spiro atoms. The summed E-state index contributed by atoms with van der Waals surface area (Å²) in [5, 5.41) is 3.93. The van der Waals surface area contributed by atoms with Crippen molar-refractivity contribution in [3.63, 3.8) is 0 Å². The molecule has 2 aliphatic rings. The highest BCUT2D eigenvalue weighted by atomic mass is 19.4. The van der Waals surface area contributed by atoms with Gasteiger partial charge in [-0.25, -0.2) is 28.4 Å². The Kier molecular flexibility index (Phi) is 4.67. The predicted octanol–water partition coefficient (Wildman–Crippen LogP) is 3.36. The number of aromatic nitrogens is 5. The van der Waals surface area contributed by atoms with Crippen LogP contribution in [-0.4, -0.2) is 56.3 Å². The Morgan fingerprint density at radius 3 is 2.35 bits per heavy atom. The van der Waals surface area contributed by atoms with E-state index in [-0.39, 0.29) is 17.7 Å². The van der Waals surface area contributed by atoms with E-state index in [1.54, 1.807) is 12.3 Å². The van der Waals surface area contributed by atoms with Gasteiger partial charge in [-0.3, -0.25) is 0 Å². The van der Waals surface area contributed by atoms with Gasteiger partial charge in [0.2, 0.25) is 0 Å². The fraction of sp³-hybridized carbons (Fsp3) is 0.474. The van der Waals surface area contributed by atoms with Crippen molar-refractivity contribution in [3.05, 3.63) is 36.3 Å². The maximum Gasteiger partial charge on any atom is 0.433 e. The van der Waals surface area contributed by atoms with Crippen LogP contribution in [0.3, 0.4) is 0 Å². The first-order chi connectivity index (χ1) is 14.8. The van der Waals surface area contributed by atoms with Crippen LogP contribution in [0, 0.1) is 0 Å². The fourth-order valence-corrected chi connectivity index (χ4v) is 4.54. The lowest BCUT2D eigenvalue weighted by Crippen LogP contribution is -2.37. The molecule has 164 valence electrons. The number of pyridine rings is 1. The molecule has 2 unspecified atom stereocenters. The van der Waals surface area contributed by atoms with Gasteiger partial charge in [0.05, 0.1) is 24.5 Å². The monoisotopic (exact) mass is 439 g/mol. The number of rotatable bonds is 4. The van der Waals surface area contributed by atoms with Crippen molar-refractivity contribution >= 4 is 22.8 Å². The van der Waals surface area contributed by atoms with Crippen molar-refractivity contribution in [2.75, 3.05) is 22.9 Å². The topological polar surface area (TPSA) is 63.0 Å². The molecule has 0 radical (unpaired) electrons. The molecule has 31 heavy (non-hydrogen) atoms. The summed E-state index contributed by atoms with van der Waals surface area (Å²) in [6.45, 7) is 0.635. The second-order valence-electron chi connectivity index (χ2n) is 7.63. The van der Waals surface area contributed by atoms with Crippen molar-refractivity contribution in [1.82, 2.24) is 24.7 Å². The molecule has 0 aliphatic carbocycles. The number of alkyl halides is 5. The molecule has 0 aromatic carbocycles. The smallest absolute Gasteiger partial charge is 0.351 e. The number of fused-ring (bicyclic) bond motifs is 2. The molecule has 2 atom stereocenters. The lowest BCUT2D eigenvalue weighted by atomic mass is 10.1. The molecule has 0 N–H and O–H groups in total. The fourth-order valence-electron chi connectivity index (χ4n) is 4.54. The van der Waals surface area contributed by atoms with Crippen molar-refractivity contribution in [3.8, 4) is 0 Å². The molecule has 0 amide bonds. The molecule has 3 aromatic rings. The van der Waals surface area contributed by atoms with Crippen LogP contribution in [0.5, 0.6) is 0 Å². The number of nitrogens with zero attached hydrogens (tertiary/aromatic N) is 7. The lowest BCUT2D eigenvalue weighted by Gasteiger charge is -2.27. The third-order valence-electron chi connectivity index (χ3n) is 5.83. The van der Waals surface area contributed by atoms with Gasteiger partial charge in [-0.1, -0.05) is 6.07 Å². The summed E-state index contributed by atoms with van der Waals surface area (Å²) in [6.07, 6.45) is -2.63. The van der Waals surface area contributed by atoms with E-state index in [2.05, 4.69) is 20.1 Å². The van der Waals surface area contributed by atoms with Crippen molar-refractivity contribution in [2.45, 2.75) is 44.1 Å². The van der Waals surface area contributed by atoms with Crippen molar-refractivity contribution < 1.29 is 22.0 Å². The van der Waals surface area contributed by atoms with E-state index >= 15 is 0 Å². The van der Waals surface area contributed by atoms with Crippen LogP contribution in [0.25, 0.3) is 11.2 Å². The predicted molar refractivity (Wildman–Crippen MR) is 102 cm³/mol. The molecule has 12 heteroatoms. The van der Waals surface area contributed by atoms with E-state index in [9.17, 15) is 22.0 Å². The summed E-state index contributed by atoms with van der Waals surface area (Å²) in [4.78, 5) is 16.6. The summed E-state index contributed by atoms with van der Waals surface area (Å²) in [5.74, 6) is 0.857. The van der Waals surface area contributed by atoms with Crippen molar-refractivity contribution in [2.24, 2.45) is 0 Å². The number of anilines is 2. The standard InChI is InChI=1S/C19H18F5N7/c20-15(21)10-31-18-11(8-26-31)25-9-17(28-18)30-7-5-12-13(30)4-6-29(12)16-3-1-2-14(27-16)19(22,23)24/h1-3,8-9,12-13,15H,4-7,10H2. The van der Waals surface area contributed by atoms with Gasteiger partial charge in [-0.05, 0) is 25.0 Å². The number of hydrogen-bond acceptors (Lipinski definition) is 6. The van der Waals surface area contributed by atoms with E-state index < -0.39 is 24.8 Å². The van der Waals surface area contributed by atoms with Gasteiger partial charge >= 0.3 is 6.18 Å². The van der Waals surface area contributed by atoms with Crippen molar-refractivity contribution in [1.29, 1.82) is 0 Å². The number of hydrogen-bond donors (Lipinski definition) is 0. The maximum atomic E-state index is 13.1. The minimum Gasteiger partial charge on any atom is -0.351 e. The molecule has 2 fully saturated rings. The highest BCUT2D eigenvalue weighted by molar-refractivity contribution is 5.71. The Morgan fingerprint density at radius 2 is 1.68 bits per heavy atom. The largest absolute Gasteiger partial charge is 0.433 e. The lowest BCUT2D eigenvalue weighted by molar-refractivity contribution is -0.141. The highest BCUT2D eigenvalue weighted by Crippen LogP contribution is 2.37. The van der Waals surface area contributed by atoms with Crippen LogP contribution in [0.1, 0.15) is 18.5 Å². The first-order valence-corrected chi connectivity index (χ1v) is 9.85. The van der Waals surface area contributed by atoms with E-state index in [1.807, 2.05) is 9.80 Å². The minimum atomic E-state index is -4.50. The minimum absolute atomic E-state index is 0.0144.